The SMILES string of the molecule is O=C(C[n+]1c(-c2c3ccccc3cc3ccccc23)ccc2ccccc21)c1ccccc1. The van der Waals surface area contributed by atoms with Crippen LogP contribution in [0.5, 0.6) is 0 Å². The molecule has 0 aliphatic heterocycles. The van der Waals surface area contributed by atoms with Crippen LogP contribution in [0.4, 0.5) is 0 Å². The zero-order valence-electron chi connectivity index (χ0n) is 18.1. The molecule has 33 heavy (non-hydrogen) atoms. The average molecular weight is 425 g/mol. The number of rotatable bonds is 4. The second kappa shape index (κ2) is 7.99. The lowest BCUT2D eigenvalue weighted by Gasteiger charge is -2.13. The number of ketones is 1. The van der Waals surface area contributed by atoms with Gasteiger partial charge in [0.1, 0.15) is 0 Å². The van der Waals surface area contributed by atoms with Gasteiger partial charge in [-0.05, 0) is 39.7 Å². The molecule has 2 nitrogen and oxygen atoms in total. The Balaban J connectivity index is 1.68. The van der Waals surface area contributed by atoms with Gasteiger partial charge in [0, 0.05) is 23.1 Å². The van der Waals surface area contributed by atoms with E-state index in [-0.39, 0.29) is 12.3 Å². The third-order valence-electron chi connectivity index (χ3n) is 6.36. The van der Waals surface area contributed by atoms with Crippen LogP contribution in [-0.4, -0.2) is 5.78 Å². The largest absolute Gasteiger partial charge is 0.287 e. The number of hydrogen-bond donors (Lipinski definition) is 0. The van der Waals surface area contributed by atoms with Crippen molar-refractivity contribution in [3.8, 4) is 11.3 Å². The van der Waals surface area contributed by atoms with Crippen molar-refractivity contribution in [3.05, 3.63) is 127 Å². The van der Waals surface area contributed by atoms with Crippen LogP contribution in [0.1, 0.15) is 10.4 Å². The van der Waals surface area contributed by atoms with E-state index in [4.69, 9.17) is 0 Å². The molecule has 0 spiro atoms. The second-order valence-corrected chi connectivity index (χ2v) is 8.35. The van der Waals surface area contributed by atoms with E-state index in [1.807, 2.05) is 42.5 Å². The van der Waals surface area contributed by atoms with E-state index in [0.29, 0.717) is 0 Å². The molecular formula is C31H22NO+. The summed E-state index contributed by atoms with van der Waals surface area (Å²) in [6, 6.07) is 41.4. The molecule has 0 saturated heterocycles. The van der Waals surface area contributed by atoms with Gasteiger partial charge in [0.2, 0.25) is 23.5 Å². The first-order chi connectivity index (χ1) is 16.3. The van der Waals surface area contributed by atoms with E-state index in [1.165, 1.54) is 21.5 Å². The van der Waals surface area contributed by atoms with Crippen LogP contribution >= 0.6 is 0 Å². The van der Waals surface area contributed by atoms with E-state index >= 15 is 0 Å². The van der Waals surface area contributed by atoms with Gasteiger partial charge in [-0.1, -0.05) is 91.0 Å². The van der Waals surface area contributed by atoms with Crippen molar-refractivity contribution >= 4 is 38.2 Å². The first-order valence-corrected chi connectivity index (χ1v) is 11.2. The number of carbonyl (C=O) groups is 1. The number of hydrogen-bond acceptors (Lipinski definition) is 1. The Bertz CT molecular complexity index is 1600. The van der Waals surface area contributed by atoms with Crippen LogP contribution in [0.15, 0.2) is 121 Å². The Morgan fingerprint density at radius 1 is 0.576 bits per heavy atom. The van der Waals surface area contributed by atoms with Gasteiger partial charge in [-0.3, -0.25) is 4.79 Å². The van der Waals surface area contributed by atoms with Crippen molar-refractivity contribution in [1.29, 1.82) is 0 Å². The Morgan fingerprint density at radius 3 is 1.85 bits per heavy atom. The van der Waals surface area contributed by atoms with Crippen molar-refractivity contribution < 1.29 is 9.36 Å². The van der Waals surface area contributed by atoms with Gasteiger partial charge in [-0.25, -0.2) is 0 Å². The smallest absolute Gasteiger partial charge is 0.227 e. The van der Waals surface area contributed by atoms with E-state index in [0.717, 1.165) is 27.7 Å². The van der Waals surface area contributed by atoms with E-state index in [1.54, 1.807) is 0 Å². The van der Waals surface area contributed by atoms with Crippen molar-refractivity contribution in [3.63, 3.8) is 0 Å². The quantitative estimate of drug-likeness (QED) is 0.170. The molecule has 0 aliphatic rings. The third-order valence-corrected chi connectivity index (χ3v) is 6.36. The normalized spacial score (nSPS) is 11.3. The summed E-state index contributed by atoms with van der Waals surface area (Å²) in [7, 11) is 0. The highest BCUT2D eigenvalue weighted by Gasteiger charge is 2.24. The van der Waals surface area contributed by atoms with Gasteiger partial charge in [0.05, 0.1) is 5.56 Å². The van der Waals surface area contributed by atoms with Crippen molar-refractivity contribution in [2.24, 2.45) is 0 Å². The topological polar surface area (TPSA) is 20.9 Å². The van der Waals surface area contributed by atoms with Crippen LogP contribution in [0.2, 0.25) is 0 Å². The Labute approximate surface area is 192 Å². The van der Waals surface area contributed by atoms with Gasteiger partial charge in [0.15, 0.2) is 0 Å². The van der Waals surface area contributed by atoms with Crippen LogP contribution in [0.3, 0.4) is 0 Å². The zero-order valence-corrected chi connectivity index (χ0v) is 18.1. The lowest BCUT2D eigenvalue weighted by Crippen LogP contribution is -2.41. The van der Waals surface area contributed by atoms with E-state index in [9.17, 15) is 4.79 Å². The Hall–Kier alpha value is -4.30. The van der Waals surface area contributed by atoms with E-state index in [2.05, 4.69) is 83.4 Å². The average Bonchev–Trinajstić information content (AvgIpc) is 2.88. The first kappa shape index (κ1) is 19.4. The summed E-state index contributed by atoms with van der Waals surface area (Å²) in [5, 5.41) is 5.88. The summed E-state index contributed by atoms with van der Waals surface area (Å²) in [5.74, 6) is 0.0998. The Kier molecular flexibility index (Phi) is 4.70. The molecule has 0 N–H and O–H groups in total. The minimum Gasteiger partial charge on any atom is -0.287 e. The molecule has 0 saturated carbocycles. The number of nitrogens with zero attached hydrogens (tertiary/aromatic N) is 1. The molecule has 6 aromatic rings. The molecule has 1 heterocycles. The van der Waals surface area contributed by atoms with Crippen LogP contribution in [-0.2, 0) is 6.54 Å². The molecule has 0 radical (unpaired) electrons. The molecular weight excluding hydrogens is 402 g/mol. The predicted molar refractivity (Wildman–Crippen MR) is 135 cm³/mol. The Morgan fingerprint density at radius 2 is 1.15 bits per heavy atom. The third kappa shape index (κ3) is 3.37. The number of benzene rings is 5. The van der Waals surface area contributed by atoms with Gasteiger partial charge in [0.25, 0.3) is 0 Å². The molecule has 0 unspecified atom stereocenters. The molecule has 0 bridgehead atoms. The maximum atomic E-state index is 13.3. The number of para-hydroxylation sites is 1. The summed E-state index contributed by atoms with van der Waals surface area (Å²) in [6.45, 7) is 0.276. The fraction of sp³-hybridized carbons (Fsp3) is 0.0323. The molecule has 1 aromatic heterocycles. The maximum Gasteiger partial charge on any atom is 0.227 e. The number of Topliss-reactive ketones (excluding diaryl/α,β-unsaturated/α-hetero) is 1. The highest BCUT2D eigenvalue weighted by atomic mass is 16.1. The lowest BCUT2D eigenvalue weighted by atomic mass is 9.93. The number of carbonyl (C=O) groups excluding carboxylic acids is 1. The fourth-order valence-corrected chi connectivity index (χ4v) is 4.80. The molecule has 0 atom stereocenters. The van der Waals surface area contributed by atoms with Crippen molar-refractivity contribution in [2.75, 3.05) is 0 Å². The van der Waals surface area contributed by atoms with E-state index < -0.39 is 0 Å². The van der Waals surface area contributed by atoms with Crippen molar-refractivity contribution in [2.45, 2.75) is 6.54 Å². The number of fused-ring (bicyclic) bond motifs is 3. The van der Waals surface area contributed by atoms with Crippen LogP contribution in [0, 0.1) is 0 Å². The lowest BCUT2D eigenvalue weighted by molar-refractivity contribution is -0.645. The summed E-state index contributed by atoms with van der Waals surface area (Å²) < 4.78 is 2.18. The number of aromatic nitrogens is 1. The van der Waals surface area contributed by atoms with Gasteiger partial charge < -0.3 is 0 Å². The van der Waals surface area contributed by atoms with Crippen LogP contribution < -0.4 is 4.57 Å². The number of pyridine rings is 1. The summed E-state index contributed by atoms with van der Waals surface area (Å²) >= 11 is 0. The minimum absolute atomic E-state index is 0.0998. The highest BCUT2D eigenvalue weighted by molar-refractivity contribution is 6.12. The first-order valence-electron chi connectivity index (χ1n) is 11.2. The molecule has 156 valence electrons. The standard InChI is InChI=1S/C31H22NO/c33-30(23-11-2-1-3-12-23)21-32-28-17-9-6-10-22(28)18-19-29(32)31-26-15-7-4-13-24(26)20-25-14-5-8-16-27(25)31/h1-20H,21H2/q+1. The second-order valence-electron chi connectivity index (χ2n) is 8.35. The maximum absolute atomic E-state index is 13.3. The predicted octanol–water partition coefficient (Wildman–Crippen LogP) is 6.98. The summed E-state index contributed by atoms with van der Waals surface area (Å²) in [4.78, 5) is 13.3. The molecule has 0 aliphatic carbocycles. The molecule has 0 amide bonds. The fourth-order valence-electron chi connectivity index (χ4n) is 4.80. The summed E-state index contributed by atoms with van der Waals surface area (Å²) in [5.41, 5.74) is 3.99. The van der Waals surface area contributed by atoms with Gasteiger partial charge in [-0.2, -0.15) is 4.57 Å². The van der Waals surface area contributed by atoms with Crippen LogP contribution in [0.25, 0.3) is 43.7 Å². The molecule has 5 aromatic carbocycles. The van der Waals surface area contributed by atoms with Gasteiger partial charge in [-0.15, -0.1) is 0 Å². The van der Waals surface area contributed by atoms with Gasteiger partial charge >= 0.3 is 0 Å². The van der Waals surface area contributed by atoms with Crippen molar-refractivity contribution in [1.82, 2.24) is 0 Å². The monoisotopic (exact) mass is 424 g/mol. The zero-order chi connectivity index (χ0) is 22.2. The highest BCUT2D eigenvalue weighted by Crippen LogP contribution is 2.35. The molecule has 0 fully saturated rings. The molecule has 6 rings (SSSR count). The minimum atomic E-state index is 0.0998. The summed E-state index contributed by atoms with van der Waals surface area (Å²) in [6.07, 6.45) is 0. The molecule has 2 heteroatoms.